The number of carboxylic acid groups (broad SMARTS) is 1. The number of anilines is 2. The Kier molecular flexibility index (Phi) is 4.20. The van der Waals surface area contributed by atoms with Crippen LogP contribution in [0.4, 0.5) is 16.0 Å². The Morgan fingerprint density at radius 2 is 1.75 bits per heavy atom. The summed E-state index contributed by atoms with van der Waals surface area (Å²) in [5.74, 6) is -0.899. The van der Waals surface area contributed by atoms with Gasteiger partial charge in [-0.2, -0.15) is 0 Å². The molecule has 24 heavy (non-hydrogen) atoms. The van der Waals surface area contributed by atoms with Crippen molar-refractivity contribution < 1.29 is 14.3 Å². The summed E-state index contributed by atoms with van der Waals surface area (Å²) in [5, 5.41) is 9.07. The second kappa shape index (κ2) is 6.45. The first-order valence-electron chi connectivity index (χ1n) is 7.19. The summed E-state index contributed by atoms with van der Waals surface area (Å²) in [7, 11) is 1.75. The molecule has 0 unspecified atom stereocenters. The first-order chi connectivity index (χ1) is 11.5. The molecule has 3 aromatic rings. The van der Waals surface area contributed by atoms with Gasteiger partial charge in [0.05, 0.1) is 5.56 Å². The summed E-state index contributed by atoms with van der Waals surface area (Å²) in [4.78, 5) is 21.3. The standard InChI is InChI=1S/C18H14FN3O2/c1-22(16-7-3-5-13(9-16)17(23)24)18-20-10-14(11-21-18)12-4-2-6-15(19)8-12/h2-11H,1H3,(H,23,24). The molecule has 0 radical (unpaired) electrons. The number of nitrogens with zero attached hydrogens (tertiary/aromatic N) is 3. The van der Waals surface area contributed by atoms with E-state index in [1.807, 2.05) is 0 Å². The zero-order valence-corrected chi connectivity index (χ0v) is 12.8. The van der Waals surface area contributed by atoms with Crippen LogP contribution >= 0.6 is 0 Å². The molecule has 0 fully saturated rings. The maximum atomic E-state index is 13.3. The van der Waals surface area contributed by atoms with Crippen LogP contribution in [-0.2, 0) is 0 Å². The zero-order chi connectivity index (χ0) is 17.1. The highest BCUT2D eigenvalue weighted by molar-refractivity contribution is 5.89. The van der Waals surface area contributed by atoms with Crippen molar-refractivity contribution in [3.8, 4) is 11.1 Å². The van der Waals surface area contributed by atoms with Crippen LogP contribution in [0.3, 0.4) is 0 Å². The number of hydrogen-bond donors (Lipinski definition) is 1. The molecule has 120 valence electrons. The molecule has 0 aliphatic carbocycles. The smallest absolute Gasteiger partial charge is 0.335 e. The average Bonchev–Trinajstić information content (AvgIpc) is 2.61. The third-order valence-electron chi connectivity index (χ3n) is 3.58. The molecule has 6 heteroatoms. The predicted octanol–water partition coefficient (Wildman–Crippen LogP) is 3.75. The lowest BCUT2D eigenvalue weighted by Crippen LogP contribution is -2.13. The number of carboxylic acids is 1. The number of aromatic nitrogens is 2. The van der Waals surface area contributed by atoms with Crippen molar-refractivity contribution in [2.45, 2.75) is 0 Å². The molecule has 0 spiro atoms. The van der Waals surface area contributed by atoms with Crippen LogP contribution in [0.5, 0.6) is 0 Å². The lowest BCUT2D eigenvalue weighted by atomic mass is 10.1. The highest BCUT2D eigenvalue weighted by Gasteiger charge is 2.10. The second-order valence-corrected chi connectivity index (χ2v) is 5.20. The topological polar surface area (TPSA) is 66.3 Å². The Labute approximate surface area is 138 Å². The molecule has 5 nitrogen and oxygen atoms in total. The first kappa shape index (κ1) is 15.6. The Bertz CT molecular complexity index is 881. The van der Waals surface area contributed by atoms with Crippen LogP contribution in [0.15, 0.2) is 60.9 Å². The van der Waals surface area contributed by atoms with Crippen LogP contribution in [0.1, 0.15) is 10.4 Å². The molecule has 0 aliphatic rings. The maximum Gasteiger partial charge on any atom is 0.335 e. The molecule has 0 aliphatic heterocycles. The molecule has 0 amide bonds. The van der Waals surface area contributed by atoms with Gasteiger partial charge in [-0.15, -0.1) is 0 Å². The largest absolute Gasteiger partial charge is 0.478 e. The molecule has 0 bridgehead atoms. The fraction of sp³-hybridized carbons (Fsp3) is 0.0556. The van der Waals surface area contributed by atoms with Gasteiger partial charge in [0.25, 0.3) is 0 Å². The Morgan fingerprint density at radius 1 is 1.04 bits per heavy atom. The molecule has 0 atom stereocenters. The van der Waals surface area contributed by atoms with Gasteiger partial charge < -0.3 is 10.0 Å². The fourth-order valence-corrected chi connectivity index (χ4v) is 2.27. The number of aromatic carboxylic acids is 1. The van der Waals surface area contributed by atoms with Crippen LogP contribution < -0.4 is 4.90 Å². The van der Waals surface area contributed by atoms with E-state index in [1.54, 1.807) is 54.7 Å². The minimum absolute atomic E-state index is 0.190. The Balaban J connectivity index is 1.87. The quantitative estimate of drug-likeness (QED) is 0.792. The van der Waals surface area contributed by atoms with Crippen LogP contribution in [0.25, 0.3) is 11.1 Å². The molecule has 0 saturated carbocycles. The van der Waals surface area contributed by atoms with Gasteiger partial charge >= 0.3 is 5.97 Å². The van der Waals surface area contributed by atoms with Gasteiger partial charge in [-0.25, -0.2) is 19.2 Å². The van der Waals surface area contributed by atoms with Gasteiger partial charge in [-0.3, -0.25) is 0 Å². The Hall–Kier alpha value is -3.28. The fourth-order valence-electron chi connectivity index (χ4n) is 2.27. The third kappa shape index (κ3) is 3.22. The predicted molar refractivity (Wildman–Crippen MR) is 88.9 cm³/mol. The first-order valence-corrected chi connectivity index (χ1v) is 7.19. The number of hydrogen-bond acceptors (Lipinski definition) is 4. The zero-order valence-electron chi connectivity index (χ0n) is 12.8. The maximum absolute atomic E-state index is 13.3. The van der Waals surface area contributed by atoms with Crippen molar-refractivity contribution in [3.63, 3.8) is 0 Å². The number of benzene rings is 2. The molecular weight excluding hydrogens is 309 g/mol. The number of rotatable bonds is 4. The van der Waals surface area contributed by atoms with Gasteiger partial charge in [-0.1, -0.05) is 18.2 Å². The van der Waals surface area contributed by atoms with E-state index < -0.39 is 5.97 Å². The molecule has 1 N–H and O–H groups in total. The van der Waals surface area contributed by atoms with E-state index in [0.29, 0.717) is 22.8 Å². The van der Waals surface area contributed by atoms with E-state index in [9.17, 15) is 9.18 Å². The summed E-state index contributed by atoms with van der Waals surface area (Å²) in [6.07, 6.45) is 3.21. The van der Waals surface area contributed by atoms with E-state index >= 15 is 0 Å². The van der Waals surface area contributed by atoms with Gasteiger partial charge in [0.15, 0.2) is 0 Å². The van der Waals surface area contributed by atoms with Crippen molar-refractivity contribution in [3.05, 3.63) is 72.3 Å². The van der Waals surface area contributed by atoms with Crippen molar-refractivity contribution in [1.82, 2.24) is 9.97 Å². The average molecular weight is 323 g/mol. The monoisotopic (exact) mass is 323 g/mol. The van der Waals surface area contributed by atoms with E-state index in [-0.39, 0.29) is 11.4 Å². The van der Waals surface area contributed by atoms with E-state index in [1.165, 1.54) is 18.2 Å². The molecule has 1 heterocycles. The van der Waals surface area contributed by atoms with Crippen molar-refractivity contribution in [2.24, 2.45) is 0 Å². The van der Waals surface area contributed by atoms with Gasteiger partial charge in [-0.05, 0) is 35.9 Å². The highest BCUT2D eigenvalue weighted by Crippen LogP contribution is 2.23. The normalized spacial score (nSPS) is 10.4. The number of carbonyl (C=O) groups is 1. The minimum Gasteiger partial charge on any atom is -0.478 e. The molecule has 3 rings (SSSR count). The van der Waals surface area contributed by atoms with Crippen LogP contribution in [-0.4, -0.2) is 28.1 Å². The van der Waals surface area contributed by atoms with Crippen LogP contribution in [0.2, 0.25) is 0 Å². The highest BCUT2D eigenvalue weighted by atomic mass is 19.1. The minimum atomic E-state index is -0.993. The lowest BCUT2D eigenvalue weighted by Gasteiger charge is -2.17. The van der Waals surface area contributed by atoms with Gasteiger partial charge in [0, 0.05) is 30.7 Å². The summed E-state index contributed by atoms with van der Waals surface area (Å²) in [6.45, 7) is 0. The summed E-state index contributed by atoms with van der Waals surface area (Å²) in [5.41, 5.74) is 2.24. The van der Waals surface area contributed by atoms with Crippen molar-refractivity contribution >= 4 is 17.6 Å². The third-order valence-corrected chi connectivity index (χ3v) is 3.58. The summed E-state index contributed by atoms with van der Waals surface area (Å²) < 4.78 is 13.3. The van der Waals surface area contributed by atoms with Gasteiger partial charge in [0.2, 0.25) is 5.95 Å². The summed E-state index contributed by atoms with van der Waals surface area (Å²) in [6, 6.07) is 12.7. The SMILES string of the molecule is CN(c1cccc(C(=O)O)c1)c1ncc(-c2cccc(F)c2)cn1. The van der Waals surface area contributed by atoms with E-state index in [0.717, 1.165) is 0 Å². The molecule has 2 aromatic carbocycles. The second-order valence-electron chi connectivity index (χ2n) is 5.20. The van der Waals surface area contributed by atoms with Crippen molar-refractivity contribution in [2.75, 3.05) is 11.9 Å². The van der Waals surface area contributed by atoms with Crippen LogP contribution in [0, 0.1) is 5.82 Å². The number of halogens is 1. The van der Waals surface area contributed by atoms with Crippen molar-refractivity contribution in [1.29, 1.82) is 0 Å². The molecule has 0 saturated heterocycles. The molecule has 1 aromatic heterocycles. The lowest BCUT2D eigenvalue weighted by molar-refractivity contribution is 0.0697. The Morgan fingerprint density at radius 3 is 2.42 bits per heavy atom. The summed E-state index contributed by atoms with van der Waals surface area (Å²) >= 11 is 0. The molecular formula is C18H14FN3O2. The van der Waals surface area contributed by atoms with E-state index in [4.69, 9.17) is 5.11 Å². The van der Waals surface area contributed by atoms with E-state index in [2.05, 4.69) is 9.97 Å². The van der Waals surface area contributed by atoms with Gasteiger partial charge in [0.1, 0.15) is 5.82 Å².